The summed E-state index contributed by atoms with van der Waals surface area (Å²) in [4.78, 5) is 0. The quantitative estimate of drug-likeness (QED) is 0.800. The molecule has 0 radical (unpaired) electrons. The van der Waals surface area contributed by atoms with Crippen LogP contribution in [0.5, 0.6) is 0 Å². The maximum absolute atomic E-state index is 13.4. The second kappa shape index (κ2) is 7.56. The molecule has 1 saturated carbocycles. The van der Waals surface area contributed by atoms with E-state index in [9.17, 15) is 4.39 Å². The SMILES string of the molecule is CCC1CCC(C(Cc2cc(F)ccc2Br)NC)CC1. The highest BCUT2D eigenvalue weighted by atomic mass is 79.9. The van der Waals surface area contributed by atoms with Gasteiger partial charge in [-0.1, -0.05) is 42.1 Å². The van der Waals surface area contributed by atoms with E-state index in [1.807, 2.05) is 13.1 Å². The van der Waals surface area contributed by atoms with Crippen LogP contribution < -0.4 is 5.32 Å². The lowest BCUT2D eigenvalue weighted by Gasteiger charge is -2.33. The van der Waals surface area contributed by atoms with Crippen molar-refractivity contribution in [2.75, 3.05) is 7.05 Å². The van der Waals surface area contributed by atoms with Gasteiger partial charge < -0.3 is 5.32 Å². The van der Waals surface area contributed by atoms with E-state index in [1.54, 1.807) is 6.07 Å². The van der Waals surface area contributed by atoms with Crippen molar-refractivity contribution < 1.29 is 4.39 Å². The third-order valence-corrected chi connectivity index (χ3v) is 5.63. The number of nitrogens with one attached hydrogen (secondary N) is 1. The Kier molecular flexibility index (Phi) is 6.03. The minimum atomic E-state index is -0.146. The van der Waals surface area contributed by atoms with Crippen LogP contribution >= 0.6 is 15.9 Å². The van der Waals surface area contributed by atoms with Crippen molar-refractivity contribution in [3.63, 3.8) is 0 Å². The molecule has 1 nitrogen and oxygen atoms in total. The number of benzene rings is 1. The fourth-order valence-electron chi connectivity index (χ4n) is 3.44. The molecule has 0 spiro atoms. The van der Waals surface area contributed by atoms with Crippen molar-refractivity contribution in [1.82, 2.24) is 5.32 Å². The lowest BCUT2D eigenvalue weighted by Crippen LogP contribution is -2.37. The summed E-state index contributed by atoms with van der Waals surface area (Å²) < 4.78 is 14.4. The zero-order valence-electron chi connectivity index (χ0n) is 12.5. The molecule has 0 aliphatic heterocycles. The Morgan fingerprint density at radius 2 is 2.00 bits per heavy atom. The Bertz CT molecular complexity index is 427. The van der Waals surface area contributed by atoms with Crippen molar-refractivity contribution in [1.29, 1.82) is 0 Å². The predicted octanol–water partition coefficient (Wildman–Crippen LogP) is 4.94. The molecule has 0 amide bonds. The van der Waals surface area contributed by atoms with Crippen LogP contribution in [-0.4, -0.2) is 13.1 Å². The molecule has 1 aliphatic carbocycles. The molecule has 1 aliphatic rings. The van der Waals surface area contributed by atoms with Crippen LogP contribution in [-0.2, 0) is 6.42 Å². The third-order valence-electron chi connectivity index (χ3n) is 4.86. The van der Waals surface area contributed by atoms with Crippen LogP contribution in [0.15, 0.2) is 22.7 Å². The molecule has 112 valence electrons. The smallest absolute Gasteiger partial charge is 0.123 e. The zero-order chi connectivity index (χ0) is 14.5. The van der Waals surface area contributed by atoms with E-state index >= 15 is 0 Å². The van der Waals surface area contributed by atoms with Crippen molar-refractivity contribution >= 4 is 15.9 Å². The molecule has 0 bridgehead atoms. The molecule has 1 unspecified atom stereocenters. The van der Waals surface area contributed by atoms with Gasteiger partial charge in [0.15, 0.2) is 0 Å². The monoisotopic (exact) mass is 341 g/mol. The summed E-state index contributed by atoms with van der Waals surface area (Å²) in [6.45, 7) is 2.30. The largest absolute Gasteiger partial charge is 0.316 e. The van der Waals surface area contributed by atoms with Crippen LogP contribution in [0.4, 0.5) is 4.39 Å². The van der Waals surface area contributed by atoms with Crippen LogP contribution in [0.3, 0.4) is 0 Å². The van der Waals surface area contributed by atoms with Gasteiger partial charge in [0.05, 0.1) is 0 Å². The maximum Gasteiger partial charge on any atom is 0.123 e. The summed E-state index contributed by atoms with van der Waals surface area (Å²) >= 11 is 3.54. The molecule has 1 aromatic rings. The lowest BCUT2D eigenvalue weighted by atomic mass is 9.76. The zero-order valence-corrected chi connectivity index (χ0v) is 14.0. The van der Waals surface area contributed by atoms with Gasteiger partial charge in [-0.2, -0.15) is 0 Å². The van der Waals surface area contributed by atoms with E-state index < -0.39 is 0 Å². The van der Waals surface area contributed by atoms with Crippen LogP contribution in [0.25, 0.3) is 0 Å². The molecule has 1 atom stereocenters. The lowest BCUT2D eigenvalue weighted by molar-refractivity contribution is 0.222. The van der Waals surface area contributed by atoms with Crippen LogP contribution in [0.2, 0.25) is 0 Å². The van der Waals surface area contributed by atoms with E-state index in [0.29, 0.717) is 6.04 Å². The Morgan fingerprint density at radius 1 is 1.30 bits per heavy atom. The fraction of sp³-hybridized carbons (Fsp3) is 0.647. The average Bonchev–Trinajstić information content (AvgIpc) is 2.48. The number of hydrogen-bond acceptors (Lipinski definition) is 1. The van der Waals surface area contributed by atoms with Crippen molar-refractivity contribution in [2.45, 2.75) is 51.5 Å². The van der Waals surface area contributed by atoms with E-state index in [4.69, 9.17) is 0 Å². The third kappa shape index (κ3) is 4.05. The number of likely N-dealkylation sites (N-methyl/N-ethyl adjacent to an activating group) is 1. The van der Waals surface area contributed by atoms with Crippen LogP contribution in [0, 0.1) is 17.7 Å². The first-order chi connectivity index (χ1) is 9.63. The van der Waals surface area contributed by atoms with Gasteiger partial charge in [0, 0.05) is 10.5 Å². The minimum Gasteiger partial charge on any atom is -0.316 e. The first-order valence-corrected chi connectivity index (χ1v) is 8.54. The summed E-state index contributed by atoms with van der Waals surface area (Å²) in [6.07, 6.45) is 7.52. The van der Waals surface area contributed by atoms with E-state index in [1.165, 1.54) is 38.2 Å². The highest BCUT2D eigenvalue weighted by Crippen LogP contribution is 2.34. The standard InChI is InChI=1S/C17H25BrFN/c1-3-12-4-6-13(7-5-12)17(20-2)11-14-10-15(19)8-9-16(14)18/h8-10,12-13,17,20H,3-7,11H2,1-2H3. The molecule has 3 heteroatoms. The first kappa shape index (κ1) is 16.0. The van der Waals surface area contributed by atoms with Gasteiger partial charge in [-0.25, -0.2) is 4.39 Å². The Labute approximate surface area is 130 Å². The van der Waals surface area contributed by atoms with Gasteiger partial charge in [0.25, 0.3) is 0 Å². The van der Waals surface area contributed by atoms with E-state index in [2.05, 4.69) is 28.2 Å². The topological polar surface area (TPSA) is 12.0 Å². The van der Waals surface area contributed by atoms with E-state index in [0.717, 1.165) is 28.3 Å². The highest BCUT2D eigenvalue weighted by Gasteiger charge is 2.26. The van der Waals surface area contributed by atoms with Gasteiger partial charge in [0.2, 0.25) is 0 Å². The van der Waals surface area contributed by atoms with Gasteiger partial charge >= 0.3 is 0 Å². The molecule has 0 heterocycles. The number of rotatable bonds is 5. The summed E-state index contributed by atoms with van der Waals surface area (Å²) in [5.41, 5.74) is 1.07. The molecule has 20 heavy (non-hydrogen) atoms. The van der Waals surface area contributed by atoms with Gasteiger partial charge in [-0.15, -0.1) is 0 Å². The van der Waals surface area contributed by atoms with Gasteiger partial charge in [0.1, 0.15) is 5.82 Å². The fourth-order valence-corrected chi connectivity index (χ4v) is 3.85. The summed E-state index contributed by atoms with van der Waals surface area (Å²) in [7, 11) is 2.03. The molecule has 1 N–H and O–H groups in total. The minimum absolute atomic E-state index is 0.146. The summed E-state index contributed by atoms with van der Waals surface area (Å²) in [6, 6.07) is 5.43. The first-order valence-electron chi connectivity index (χ1n) is 7.75. The predicted molar refractivity (Wildman–Crippen MR) is 86.4 cm³/mol. The second-order valence-corrected chi connectivity index (χ2v) is 6.88. The molecular weight excluding hydrogens is 317 g/mol. The Morgan fingerprint density at radius 3 is 2.60 bits per heavy atom. The maximum atomic E-state index is 13.4. The molecule has 1 fully saturated rings. The Hall–Kier alpha value is -0.410. The molecule has 0 saturated heterocycles. The summed E-state index contributed by atoms with van der Waals surface area (Å²) in [5.74, 6) is 1.50. The summed E-state index contributed by atoms with van der Waals surface area (Å²) in [5, 5.41) is 3.46. The molecule has 2 rings (SSSR count). The molecular formula is C17H25BrFN. The number of hydrogen-bond donors (Lipinski definition) is 1. The van der Waals surface area contributed by atoms with Gasteiger partial charge in [-0.05, 0) is 61.9 Å². The van der Waals surface area contributed by atoms with E-state index in [-0.39, 0.29) is 5.82 Å². The van der Waals surface area contributed by atoms with Crippen molar-refractivity contribution in [2.24, 2.45) is 11.8 Å². The highest BCUT2D eigenvalue weighted by molar-refractivity contribution is 9.10. The average molecular weight is 342 g/mol. The Balaban J connectivity index is 2.00. The normalized spacial score (nSPS) is 24.6. The van der Waals surface area contributed by atoms with Crippen molar-refractivity contribution in [3.05, 3.63) is 34.1 Å². The number of halogens is 2. The molecule has 0 aromatic heterocycles. The van der Waals surface area contributed by atoms with Crippen LogP contribution in [0.1, 0.15) is 44.6 Å². The second-order valence-electron chi connectivity index (χ2n) is 6.02. The van der Waals surface area contributed by atoms with Gasteiger partial charge in [-0.3, -0.25) is 0 Å². The molecule has 1 aromatic carbocycles. The van der Waals surface area contributed by atoms with Crippen molar-refractivity contribution in [3.8, 4) is 0 Å².